The molecule has 0 fully saturated rings. The predicted molar refractivity (Wildman–Crippen MR) is 105 cm³/mol. The monoisotopic (exact) mass is 477 g/mol. The Kier molecular flexibility index (Phi) is 7.43. The van der Waals surface area contributed by atoms with Gasteiger partial charge >= 0.3 is 5.97 Å². The van der Waals surface area contributed by atoms with Gasteiger partial charge in [0.25, 0.3) is 5.91 Å². The topological polar surface area (TPSA) is 92.2 Å². The molecule has 2 aromatic heterocycles. The Hall–Kier alpha value is -2.58. The van der Waals surface area contributed by atoms with Gasteiger partial charge in [-0.1, -0.05) is 18.2 Å². The first kappa shape index (κ1) is 19.7. The van der Waals surface area contributed by atoms with Crippen molar-refractivity contribution in [3.8, 4) is 0 Å². The van der Waals surface area contributed by atoms with Crippen molar-refractivity contribution in [2.45, 2.75) is 0 Å². The number of hydrogen-bond acceptors (Lipinski definition) is 4. The van der Waals surface area contributed by atoms with E-state index in [9.17, 15) is 9.59 Å². The molecule has 6 nitrogen and oxygen atoms in total. The highest BCUT2D eigenvalue weighted by Gasteiger charge is 2.06. The van der Waals surface area contributed by atoms with Crippen LogP contribution in [0.1, 0.15) is 20.7 Å². The molecule has 0 spiro atoms. The van der Waals surface area contributed by atoms with Crippen LogP contribution in [-0.2, 0) is 0 Å². The summed E-state index contributed by atoms with van der Waals surface area (Å²) in [5.74, 6) is -1.13. The van der Waals surface area contributed by atoms with Crippen LogP contribution in [0.5, 0.6) is 0 Å². The minimum atomic E-state index is -0.964. The van der Waals surface area contributed by atoms with Gasteiger partial charge in [-0.25, -0.2) is 4.79 Å². The molecule has 0 saturated heterocycles. The van der Waals surface area contributed by atoms with Crippen LogP contribution in [0, 0.1) is 0 Å². The van der Waals surface area contributed by atoms with Gasteiger partial charge < -0.3 is 10.4 Å². The molecule has 0 radical (unpaired) electrons. The maximum atomic E-state index is 11.8. The van der Waals surface area contributed by atoms with E-state index in [1.54, 1.807) is 12.3 Å². The highest BCUT2D eigenvalue weighted by molar-refractivity contribution is 9.10. The average molecular weight is 479 g/mol. The molecule has 0 aliphatic heterocycles. The summed E-state index contributed by atoms with van der Waals surface area (Å²) in [6, 6.07) is 12.5. The van der Waals surface area contributed by atoms with E-state index < -0.39 is 5.97 Å². The molecule has 2 heterocycles. The number of carboxylic acid groups (broad SMARTS) is 1. The molecular formula is C18H13Br2N3O3. The van der Waals surface area contributed by atoms with Gasteiger partial charge in [0.1, 0.15) is 0 Å². The molecule has 3 rings (SSSR count). The molecule has 1 aromatic carbocycles. The smallest absolute Gasteiger partial charge is 0.337 e. The number of para-hydroxylation sites is 1. The van der Waals surface area contributed by atoms with Crippen LogP contribution < -0.4 is 5.32 Å². The van der Waals surface area contributed by atoms with Crippen LogP contribution >= 0.6 is 31.9 Å². The largest absolute Gasteiger partial charge is 0.478 e. The fraction of sp³-hybridized carbons (Fsp3) is 0. The molecule has 0 bridgehead atoms. The average Bonchev–Trinajstić information content (AvgIpc) is 2.63. The van der Waals surface area contributed by atoms with Crippen molar-refractivity contribution in [1.82, 2.24) is 9.97 Å². The second-order valence-corrected chi connectivity index (χ2v) is 6.74. The van der Waals surface area contributed by atoms with Crippen molar-refractivity contribution in [2.75, 3.05) is 5.32 Å². The molecule has 132 valence electrons. The lowest BCUT2D eigenvalue weighted by atomic mass is 10.2. The van der Waals surface area contributed by atoms with Gasteiger partial charge in [0, 0.05) is 39.4 Å². The van der Waals surface area contributed by atoms with Gasteiger partial charge in [0.05, 0.1) is 11.1 Å². The van der Waals surface area contributed by atoms with E-state index in [-0.39, 0.29) is 11.5 Å². The number of anilines is 1. The first-order chi connectivity index (χ1) is 12.5. The Morgan fingerprint density at radius 1 is 0.846 bits per heavy atom. The minimum Gasteiger partial charge on any atom is -0.478 e. The zero-order valence-corrected chi connectivity index (χ0v) is 16.4. The van der Waals surface area contributed by atoms with Crippen molar-refractivity contribution >= 4 is 49.4 Å². The fourth-order valence-corrected chi connectivity index (χ4v) is 2.52. The first-order valence-corrected chi connectivity index (χ1v) is 8.85. The minimum absolute atomic E-state index is 0.167. The number of carboxylic acids is 1. The van der Waals surface area contributed by atoms with Gasteiger partial charge in [-0.2, -0.15) is 0 Å². The number of pyridine rings is 2. The molecule has 0 aliphatic carbocycles. The summed E-state index contributed by atoms with van der Waals surface area (Å²) in [4.78, 5) is 29.7. The summed E-state index contributed by atoms with van der Waals surface area (Å²) in [5.41, 5.74) is 1.49. The summed E-state index contributed by atoms with van der Waals surface area (Å²) >= 11 is 6.38. The van der Waals surface area contributed by atoms with E-state index >= 15 is 0 Å². The van der Waals surface area contributed by atoms with Crippen LogP contribution in [-0.4, -0.2) is 27.0 Å². The number of benzene rings is 1. The SMILES string of the molecule is O=C(Nc1ccccc1)c1cncc(Br)c1.O=C(O)c1cncc(Br)c1. The summed E-state index contributed by atoms with van der Waals surface area (Å²) in [5, 5.41) is 11.2. The quantitative estimate of drug-likeness (QED) is 0.572. The summed E-state index contributed by atoms with van der Waals surface area (Å²) in [6.45, 7) is 0. The zero-order chi connectivity index (χ0) is 18.9. The Balaban J connectivity index is 0.000000209. The molecule has 0 unspecified atom stereocenters. The summed E-state index contributed by atoms with van der Waals surface area (Å²) in [6.07, 6.45) is 6.00. The van der Waals surface area contributed by atoms with Crippen molar-refractivity contribution in [3.05, 3.63) is 87.3 Å². The first-order valence-electron chi connectivity index (χ1n) is 7.26. The molecule has 26 heavy (non-hydrogen) atoms. The Morgan fingerprint density at radius 3 is 1.88 bits per heavy atom. The lowest BCUT2D eigenvalue weighted by Crippen LogP contribution is -2.11. The highest BCUT2D eigenvalue weighted by atomic mass is 79.9. The van der Waals surface area contributed by atoms with Gasteiger partial charge in [-0.15, -0.1) is 0 Å². The molecular weight excluding hydrogens is 466 g/mol. The molecule has 8 heteroatoms. The van der Waals surface area contributed by atoms with Crippen molar-refractivity contribution < 1.29 is 14.7 Å². The van der Waals surface area contributed by atoms with Crippen LogP contribution in [0.3, 0.4) is 0 Å². The van der Waals surface area contributed by atoms with E-state index in [1.165, 1.54) is 24.7 Å². The number of carbonyl (C=O) groups is 2. The number of carbonyl (C=O) groups excluding carboxylic acids is 1. The zero-order valence-electron chi connectivity index (χ0n) is 13.3. The lowest BCUT2D eigenvalue weighted by Gasteiger charge is -2.04. The second-order valence-electron chi connectivity index (χ2n) is 4.91. The normalized spacial score (nSPS) is 9.62. The number of aromatic carboxylic acids is 1. The van der Waals surface area contributed by atoms with Crippen molar-refractivity contribution in [3.63, 3.8) is 0 Å². The highest BCUT2D eigenvalue weighted by Crippen LogP contribution is 2.12. The Morgan fingerprint density at radius 2 is 1.38 bits per heavy atom. The Labute approximate surface area is 166 Å². The number of hydrogen-bond donors (Lipinski definition) is 2. The van der Waals surface area contributed by atoms with Crippen LogP contribution in [0.15, 0.2) is 76.2 Å². The number of nitrogens with zero attached hydrogens (tertiary/aromatic N) is 2. The van der Waals surface area contributed by atoms with Crippen LogP contribution in [0.25, 0.3) is 0 Å². The third-order valence-corrected chi connectivity index (χ3v) is 3.82. The summed E-state index contributed by atoms with van der Waals surface area (Å²) < 4.78 is 1.46. The molecule has 0 aliphatic rings. The van der Waals surface area contributed by atoms with E-state index in [1.807, 2.05) is 30.3 Å². The number of amides is 1. The van der Waals surface area contributed by atoms with E-state index in [0.29, 0.717) is 10.0 Å². The van der Waals surface area contributed by atoms with E-state index in [2.05, 4.69) is 47.1 Å². The van der Waals surface area contributed by atoms with Crippen molar-refractivity contribution in [1.29, 1.82) is 0 Å². The molecule has 0 saturated carbocycles. The van der Waals surface area contributed by atoms with Crippen LogP contribution in [0.4, 0.5) is 5.69 Å². The third-order valence-electron chi connectivity index (χ3n) is 2.95. The number of rotatable bonds is 3. The van der Waals surface area contributed by atoms with Gasteiger partial charge in [-0.3, -0.25) is 14.8 Å². The Bertz CT molecular complexity index is 905. The standard InChI is InChI=1S/C12H9BrN2O.C6H4BrNO2/c13-10-6-9(7-14-8-10)12(16)15-11-4-2-1-3-5-11;7-5-1-4(6(9)10)2-8-3-5/h1-8H,(H,15,16);1-3H,(H,9,10). The number of aromatic nitrogens is 2. The van der Waals surface area contributed by atoms with E-state index in [0.717, 1.165) is 10.2 Å². The number of nitrogens with one attached hydrogen (secondary N) is 1. The number of halogens is 2. The van der Waals surface area contributed by atoms with Gasteiger partial charge in [-0.05, 0) is 56.1 Å². The third kappa shape index (κ3) is 6.38. The molecule has 3 aromatic rings. The molecule has 2 N–H and O–H groups in total. The van der Waals surface area contributed by atoms with Crippen molar-refractivity contribution in [2.24, 2.45) is 0 Å². The maximum absolute atomic E-state index is 11.8. The van der Waals surface area contributed by atoms with Crippen LogP contribution in [0.2, 0.25) is 0 Å². The predicted octanol–water partition coefficient (Wildman–Crippen LogP) is 4.64. The summed E-state index contributed by atoms with van der Waals surface area (Å²) in [7, 11) is 0. The maximum Gasteiger partial charge on any atom is 0.337 e. The lowest BCUT2D eigenvalue weighted by molar-refractivity contribution is 0.0696. The van der Waals surface area contributed by atoms with Gasteiger partial charge in [0.15, 0.2) is 0 Å². The fourth-order valence-electron chi connectivity index (χ4n) is 1.79. The second kappa shape index (κ2) is 9.79. The molecule has 1 amide bonds. The van der Waals surface area contributed by atoms with Gasteiger partial charge in [0.2, 0.25) is 0 Å². The molecule has 0 atom stereocenters. The van der Waals surface area contributed by atoms with E-state index in [4.69, 9.17) is 5.11 Å².